The van der Waals surface area contributed by atoms with Crippen molar-refractivity contribution in [2.45, 2.75) is 18.9 Å². The lowest BCUT2D eigenvalue weighted by molar-refractivity contribution is -0.132. The first kappa shape index (κ1) is 25.9. The minimum absolute atomic E-state index is 0. The van der Waals surface area contributed by atoms with E-state index in [1.165, 1.54) is 0 Å². The molecule has 0 spiro atoms. The fraction of sp³-hybridized carbons (Fsp3) is 0.364. The molecule has 1 aliphatic heterocycles. The highest BCUT2D eigenvalue weighted by atomic mass is 35.5. The summed E-state index contributed by atoms with van der Waals surface area (Å²) in [6, 6.07) is 16.7. The van der Waals surface area contributed by atoms with Crippen LogP contribution >= 0.6 is 24.8 Å². The topological polar surface area (TPSA) is 78.7 Å². The smallest absolute Gasteiger partial charge is 0.227 e. The average molecular weight is 453 g/mol. The minimum atomic E-state index is -0.332. The number of anilines is 1. The van der Waals surface area contributed by atoms with Crippen molar-refractivity contribution in [2.24, 2.45) is 5.73 Å². The Balaban J connectivity index is 0.00000225. The summed E-state index contributed by atoms with van der Waals surface area (Å²) in [6.07, 6.45) is 0.602. The predicted molar refractivity (Wildman–Crippen MR) is 125 cm³/mol. The Morgan fingerprint density at radius 1 is 0.967 bits per heavy atom. The number of nitrogens with one attached hydrogen (secondary N) is 1. The molecule has 2 aromatic rings. The third-order valence-corrected chi connectivity index (χ3v) is 5.08. The van der Waals surface area contributed by atoms with Crippen molar-refractivity contribution in [3.63, 3.8) is 0 Å². The molecule has 0 saturated carbocycles. The molecule has 0 radical (unpaired) electrons. The molecular weight excluding hydrogens is 423 g/mol. The largest absolute Gasteiger partial charge is 0.340 e. The van der Waals surface area contributed by atoms with Crippen LogP contribution in [0.25, 0.3) is 0 Å². The van der Waals surface area contributed by atoms with Gasteiger partial charge in [-0.25, -0.2) is 0 Å². The number of benzene rings is 2. The second-order valence-electron chi connectivity index (χ2n) is 7.33. The second kappa shape index (κ2) is 12.5. The van der Waals surface area contributed by atoms with Gasteiger partial charge in [-0.15, -0.1) is 24.8 Å². The number of carbonyl (C=O) groups excluding carboxylic acids is 2. The van der Waals surface area contributed by atoms with Crippen molar-refractivity contribution in [3.8, 4) is 0 Å². The van der Waals surface area contributed by atoms with E-state index >= 15 is 0 Å². The molecule has 1 aliphatic rings. The van der Waals surface area contributed by atoms with Crippen molar-refractivity contribution >= 4 is 42.3 Å². The summed E-state index contributed by atoms with van der Waals surface area (Å²) in [5.74, 6) is 0.0244. The highest BCUT2D eigenvalue weighted by Crippen LogP contribution is 2.16. The fourth-order valence-corrected chi connectivity index (χ4v) is 3.28. The average Bonchev–Trinajstić information content (AvgIpc) is 2.70. The van der Waals surface area contributed by atoms with Gasteiger partial charge >= 0.3 is 0 Å². The monoisotopic (exact) mass is 452 g/mol. The second-order valence-corrected chi connectivity index (χ2v) is 7.33. The zero-order valence-corrected chi connectivity index (χ0v) is 18.8. The summed E-state index contributed by atoms with van der Waals surface area (Å²) >= 11 is 0. The van der Waals surface area contributed by atoms with E-state index in [-0.39, 0.29) is 49.1 Å². The number of nitrogens with two attached hydrogens (primary N) is 1. The van der Waals surface area contributed by atoms with Gasteiger partial charge in [0.15, 0.2) is 0 Å². The summed E-state index contributed by atoms with van der Waals surface area (Å²) < 4.78 is 0. The van der Waals surface area contributed by atoms with E-state index in [0.717, 1.165) is 37.3 Å². The van der Waals surface area contributed by atoms with Crippen LogP contribution < -0.4 is 11.1 Å². The number of carbonyl (C=O) groups is 2. The Morgan fingerprint density at radius 2 is 1.57 bits per heavy atom. The van der Waals surface area contributed by atoms with Gasteiger partial charge in [-0.1, -0.05) is 42.5 Å². The number of halogens is 2. The molecule has 30 heavy (non-hydrogen) atoms. The molecule has 3 rings (SSSR count). The molecule has 3 N–H and O–H groups in total. The Morgan fingerprint density at radius 3 is 2.17 bits per heavy atom. The van der Waals surface area contributed by atoms with Gasteiger partial charge in [-0.2, -0.15) is 0 Å². The molecule has 0 bridgehead atoms. The van der Waals surface area contributed by atoms with Crippen LogP contribution in [0.3, 0.4) is 0 Å². The van der Waals surface area contributed by atoms with Gasteiger partial charge in [0.05, 0.1) is 6.42 Å². The number of likely N-dealkylation sites (N-methyl/N-ethyl adjacent to an activating group) is 1. The number of rotatable bonds is 6. The van der Waals surface area contributed by atoms with Gasteiger partial charge in [0.2, 0.25) is 11.8 Å². The molecule has 2 amide bonds. The molecule has 0 aromatic heterocycles. The van der Waals surface area contributed by atoms with Crippen molar-refractivity contribution in [1.29, 1.82) is 0 Å². The Bertz CT molecular complexity index is 795. The van der Waals surface area contributed by atoms with Crippen LogP contribution in [0.1, 0.15) is 23.6 Å². The molecule has 164 valence electrons. The van der Waals surface area contributed by atoms with E-state index in [1.54, 1.807) is 0 Å². The molecule has 6 nitrogen and oxygen atoms in total. The molecule has 1 fully saturated rings. The SMILES string of the molecule is CN1CCN(C(=O)Cc2ccc(NC(=O)CC(N)c3ccccc3)cc2)CC1.Cl.Cl. The van der Waals surface area contributed by atoms with Gasteiger partial charge in [0, 0.05) is 44.3 Å². The molecular formula is C22H30Cl2N4O2. The van der Waals surface area contributed by atoms with E-state index < -0.39 is 0 Å². The maximum Gasteiger partial charge on any atom is 0.227 e. The lowest BCUT2D eigenvalue weighted by Crippen LogP contribution is -2.47. The Kier molecular flexibility index (Phi) is 10.8. The Hall–Kier alpha value is -2.12. The van der Waals surface area contributed by atoms with Crippen LogP contribution in [-0.2, 0) is 16.0 Å². The normalized spacial score (nSPS) is 14.8. The zero-order chi connectivity index (χ0) is 19.9. The number of hydrogen-bond acceptors (Lipinski definition) is 4. The van der Waals surface area contributed by atoms with E-state index in [1.807, 2.05) is 59.5 Å². The van der Waals surface area contributed by atoms with Crippen molar-refractivity contribution in [2.75, 3.05) is 38.5 Å². The van der Waals surface area contributed by atoms with Crippen molar-refractivity contribution < 1.29 is 9.59 Å². The van der Waals surface area contributed by atoms with Crippen LogP contribution in [0, 0.1) is 0 Å². The molecule has 1 unspecified atom stereocenters. The minimum Gasteiger partial charge on any atom is -0.340 e. The maximum atomic E-state index is 12.4. The van der Waals surface area contributed by atoms with Gasteiger partial charge in [-0.05, 0) is 30.3 Å². The molecule has 1 saturated heterocycles. The molecule has 1 atom stereocenters. The zero-order valence-electron chi connectivity index (χ0n) is 17.1. The molecule has 2 aromatic carbocycles. The maximum absolute atomic E-state index is 12.4. The lowest BCUT2D eigenvalue weighted by Gasteiger charge is -2.32. The van der Waals surface area contributed by atoms with Crippen LogP contribution in [0.15, 0.2) is 54.6 Å². The number of hydrogen-bond donors (Lipinski definition) is 2. The quantitative estimate of drug-likeness (QED) is 0.705. The molecule has 0 aliphatic carbocycles. The lowest BCUT2D eigenvalue weighted by atomic mass is 10.0. The first-order valence-corrected chi connectivity index (χ1v) is 9.67. The summed E-state index contributed by atoms with van der Waals surface area (Å²) in [4.78, 5) is 28.8. The summed E-state index contributed by atoms with van der Waals surface area (Å²) in [5, 5.41) is 2.87. The fourth-order valence-electron chi connectivity index (χ4n) is 3.28. The third kappa shape index (κ3) is 7.61. The first-order chi connectivity index (χ1) is 13.5. The van der Waals surface area contributed by atoms with Crippen LogP contribution in [-0.4, -0.2) is 54.8 Å². The predicted octanol–water partition coefficient (Wildman–Crippen LogP) is 2.88. The van der Waals surface area contributed by atoms with Crippen LogP contribution in [0.5, 0.6) is 0 Å². The Labute approximate surface area is 190 Å². The number of amides is 2. The number of nitrogens with zero attached hydrogens (tertiary/aromatic N) is 2. The van der Waals surface area contributed by atoms with Gasteiger partial charge in [0.1, 0.15) is 0 Å². The number of piperazine rings is 1. The molecule has 8 heteroatoms. The van der Waals surface area contributed by atoms with E-state index in [4.69, 9.17) is 5.73 Å². The van der Waals surface area contributed by atoms with Crippen molar-refractivity contribution in [1.82, 2.24) is 9.80 Å². The highest BCUT2D eigenvalue weighted by Gasteiger charge is 2.19. The summed E-state index contributed by atoms with van der Waals surface area (Å²) in [5.41, 5.74) is 8.70. The van der Waals surface area contributed by atoms with Gasteiger partial charge in [-0.3, -0.25) is 9.59 Å². The van der Waals surface area contributed by atoms with E-state index in [2.05, 4.69) is 17.3 Å². The van der Waals surface area contributed by atoms with Crippen molar-refractivity contribution in [3.05, 3.63) is 65.7 Å². The summed E-state index contributed by atoms with van der Waals surface area (Å²) in [6.45, 7) is 3.40. The van der Waals surface area contributed by atoms with Crippen LogP contribution in [0.2, 0.25) is 0 Å². The van der Waals surface area contributed by atoms with E-state index in [0.29, 0.717) is 12.1 Å². The van der Waals surface area contributed by atoms with E-state index in [9.17, 15) is 9.59 Å². The summed E-state index contributed by atoms with van der Waals surface area (Å²) in [7, 11) is 2.07. The highest BCUT2D eigenvalue weighted by molar-refractivity contribution is 5.91. The standard InChI is InChI=1S/C22H28N4O2.2ClH/c1-25-11-13-26(14-12-25)22(28)15-17-7-9-19(10-8-17)24-21(27)16-20(23)18-5-3-2-4-6-18;;/h2-10,20H,11-16,23H2,1H3,(H,24,27);2*1H. The molecule has 1 heterocycles. The van der Waals surface area contributed by atoms with Gasteiger partial charge < -0.3 is 20.9 Å². The first-order valence-electron chi connectivity index (χ1n) is 9.67. The van der Waals surface area contributed by atoms with Gasteiger partial charge in [0.25, 0.3) is 0 Å². The third-order valence-electron chi connectivity index (χ3n) is 5.08. The van der Waals surface area contributed by atoms with Crippen LogP contribution in [0.4, 0.5) is 5.69 Å².